The maximum absolute atomic E-state index is 12.8. The Bertz CT molecular complexity index is 1420. The van der Waals surface area contributed by atoms with E-state index in [4.69, 9.17) is 5.10 Å². The molecule has 4 aromatic rings. The summed E-state index contributed by atoms with van der Waals surface area (Å²) in [6.45, 7) is 8.56. The fraction of sp³-hybridized carbons (Fsp3) is 0.310. The Labute approximate surface area is 216 Å². The SMILES string of the molecule is CCn1nc(C)c(CCNC(=O)c2ccc(CN3C(=O)CCn4nc(-c5ccccc5)cc43)cc2)c1C. The van der Waals surface area contributed by atoms with Gasteiger partial charge in [0, 0.05) is 42.4 Å². The third-order valence-corrected chi connectivity index (χ3v) is 6.99. The first-order valence-corrected chi connectivity index (χ1v) is 12.8. The van der Waals surface area contributed by atoms with Crippen molar-refractivity contribution in [3.8, 4) is 11.3 Å². The van der Waals surface area contributed by atoms with Gasteiger partial charge in [-0.05, 0) is 50.5 Å². The molecule has 1 aliphatic rings. The molecule has 0 saturated carbocycles. The summed E-state index contributed by atoms with van der Waals surface area (Å²) in [6, 6.07) is 19.4. The predicted molar refractivity (Wildman–Crippen MR) is 143 cm³/mol. The van der Waals surface area contributed by atoms with E-state index in [1.54, 1.807) is 4.90 Å². The molecule has 5 rings (SSSR count). The molecule has 0 fully saturated rings. The Morgan fingerprint density at radius 1 is 1.03 bits per heavy atom. The molecule has 1 N–H and O–H groups in total. The molecule has 37 heavy (non-hydrogen) atoms. The smallest absolute Gasteiger partial charge is 0.251 e. The lowest BCUT2D eigenvalue weighted by atomic mass is 10.1. The first-order valence-electron chi connectivity index (χ1n) is 12.8. The van der Waals surface area contributed by atoms with Crippen LogP contribution in [-0.2, 0) is 30.8 Å². The second kappa shape index (κ2) is 10.4. The summed E-state index contributed by atoms with van der Waals surface area (Å²) in [5, 5.41) is 12.3. The van der Waals surface area contributed by atoms with E-state index in [0.29, 0.717) is 31.6 Å². The van der Waals surface area contributed by atoms with E-state index in [-0.39, 0.29) is 11.8 Å². The van der Waals surface area contributed by atoms with Crippen molar-refractivity contribution in [2.45, 2.75) is 53.2 Å². The van der Waals surface area contributed by atoms with Crippen molar-refractivity contribution in [3.63, 3.8) is 0 Å². The van der Waals surface area contributed by atoms with Crippen LogP contribution in [0.1, 0.15) is 46.2 Å². The van der Waals surface area contributed by atoms with E-state index in [2.05, 4.69) is 24.3 Å². The standard InChI is InChI=1S/C29H32N6O2/c1-4-34-21(3)25(20(2)31-34)14-16-30-29(37)24-12-10-22(11-13-24)19-33-27-18-26(23-8-6-5-7-9-23)32-35(27)17-15-28(33)36/h5-13,18H,4,14-17,19H2,1-3H3,(H,30,37). The van der Waals surface area contributed by atoms with Crippen LogP contribution >= 0.6 is 0 Å². The fourth-order valence-electron chi connectivity index (χ4n) is 4.92. The van der Waals surface area contributed by atoms with Crippen molar-refractivity contribution >= 4 is 17.6 Å². The Morgan fingerprint density at radius 2 is 1.78 bits per heavy atom. The van der Waals surface area contributed by atoms with E-state index in [9.17, 15) is 9.59 Å². The van der Waals surface area contributed by atoms with Crippen molar-refractivity contribution in [2.24, 2.45) is 0 Å². The summed E-state index contributed by atoms with van der Waals surface area (Å²) in [5.41, 5.74) is 6.80. The van der Waals surface area contributed by atoms with Gasteiger partial charge in [-0.25, -0.2) is 4.68 Å². The number of fused-ring (bicyclic) bond motifs is 1. The number of hydrogen-bond acceptors (Lipinski definition) is 4. The molecule has 0 spiro atoms. The van der Waals surface area contributed by atoms with Gasteiger partial charge >= 0.3 is 0 Å². The van der Waals surface area contributed by atoms with Gasteiger partial charge in [0.2, 0.25) is 5.91 Å². The number of amides is 2. The third-order valence-electron chi connectivity index (χ3n) is 6.99. The summed E-state index contributed by atoms with van der Waals surface area (Å²) in [4.78, 5) is 27.3. The molecule has 3 heterocycles. The second-order valence-corrected chi connectivity index (χ2v) is 9.37. The molecule has 8 heteroatoms. The lowest BCUT2D eigenvalue weighted by Crippen LogP contribution is -2.36. The molecule has 2 aromatic heterocycles. The van der Waals surface area contributed by atoms with Gasteiger partial charge in [-0.2, -0.15) is 10.2 Å². The Hall–Kier alpha value is -4.20. The highest BCUT2D eigenvalue weighted by molar-refractivity contribution is 5.95. The van der Waals surface area contributed by atoms with Crippen LogP contribution in [0.3, 0.4) is 0 Å². The monoisotopic (exact) mass is 496 g/mol. The van der Waals surface area contributed by atoms with E-state index < -0.39 is 0 Å². The van der Waals surface area contributed by atoms with Gasteiger partial charge in [-0.1, -0.05) is 42.5 Å². The van der Waals surface area contributed by atoms with Crippen LogP contribution in [0, 0.1) is 13.8 Å². The molecule has 0 unspecified atom stereocenters. The zero-order chi connectivity index (χ0) is 25.9. The molecular weight excluding hydrogens is 464 g/mol. The highest BCUT2D eigenvalue weighted by atomic mass is 16.2. The van der Waals surface area contributed by atoms with Crippen molar-refractivity contribution in [1.29, 1.82) is 0 Å². The molecule has 0 aliphatic carbocycles. The number of nitrogens with one attached hydrogen (secondary N) is 1. The molecule has 0 atom stereocenters. The summed E-state index contributed by atoms with van der Waals surface area (Å²) >= 11 is 0. The minimum Gasteiger partial charge on any atom is -0.352 e. The van der Waals surface area contributed by atoms with E-state index in [1.807, 2.05) is 77.0 Å². The third kappa shape index (κ3) is 5.05. The lowest BCUT2D eigenvalue weighted by molar-refractivity contribution is -0.119. The van der Waals surface area contributed by atoms with Gasteiger partial charge in [-0.15, -0.1) is 0 Å². The first kappa shape index (κ1) is 24.5. The molecule has 0 bridgehead atoms. The number of anilines is 1. The maximum Gasteiger partial charge on any atom is 0.251 e. The number of aromatic nitrogens is 4. The zero-order valence-corrected chi connectivity index (χ0v) is 21.6. The van der Waals surface area contributed by atoms with Crippen LogP contribution in [0.5, 0.6) is 0 Å². The molecule has 8 nitrogen and oxygen atoms in total. The first-order chi connectivity index (χ1) is 17.9. The van der Waals surface area contributed by atoms with Gasteiger partial charge < -0.3 is 5.32 Å². The molecule has 0 radical (unpaired) electrons. The van der Waals surface area contributed by atoms with Crippen molar-refractivity contribution in [2.75, 3.05) is 11.4 Å². The van der Waals surface area contributed by atoms with Crippen LogP contribution in [-0.4, -0.2) is 37.9 Å². The fourth-order valence-corrected chi connectivity index (χ4v) is 4.92. The van der Waals surface area contributed by atoms with Gasteiger partial charge in [0.25, 0.3) is 5.91 Å². The number of rotatable bonds is 8. The number of carbonyl (C=O) groups is 2. The highest BCUT2D eigenvalue weighted by Gasteiger charge is 2.26. The topological polar surface area (TPSA) is 85.0 Å². The zero-order valence-electron chi connectivity index (χ0n) is 21.6. The van der Waals surface area contributed by atoms with Crippen molar-refractivity contribution in [1.82, 2.24) is 24.9 Å². The number of nitrogens with zero attached hydrogens (tertiary/aromatic N) is 5. The number of aryl methyl sites for hydroxylation is 3. The van der Waals surface area contributed by atoms with Gasteiger partial charge in [0.1, 0.15) is 5.82 Å². The van der Waals surface area contributed by atoms with E-state index in [1.165, 1.54) is 5.56 Å². The molecule has 0 saturated heterocycles. The van der Waals surface area contributed by atoms with Crippen LogP contribution in [0.15, 0.2) is 60.7 Å². The normalized spacial score (nSPS) is 13.1. The Morgan fingerprint density at radius 3 is 2.49 bits per heavy atom. The lowest BCUT2D eigenvalue weighted by Gasteiger charge is -2.27. The van der Waals surface area contributed by atoms with Crippen molar-refractivity contribution < 1.29 is 9.59 Å². The summed E-state index contributed by atoms with van der Waals surface area (Å²) in [5.74, 6) is 0.768. The molecular formula is C29H32N6O2. The van der Waals surface area contributed by atoms with Crippen LogP contribution in [0.25, 0.3) is 11.3 Å². The number of hydrogen-bond donors (Lipinski definition) is 1. The Kier molecular flexibility index (Phi) is 6.90. The van der Waals surface area contributed by atoms with Crippen LogP contribution in [0.4, 0.5) is 5.82 Å². The molecule has 1 aliphatic heterocycles. The van der Waals surface area contributed by atoms with Crippen LogP contribution < -0.4 is 10.2 Å². The maximum atomic E-state index is 12.8. The van der Waals surface area contributed by atoms with Crippen molar-refractivity contribution in [3.05, 3.63) is 88.7 Å². The van der Waals surface area contributed by atoms with Gasteiger partial charge in [0.15, 0.2) is 0 Å². The van der Waals surface area contributed by atoms with E-state index in [0.717, 1.165) is 47.0 Å². The second-order valence-electron chi connectivity index (χ2n) is 9.37. The Balaban J connectivity index is 1.23. The number of benzene rings is 2. The molecule has 190 valence electrons. The quantitative estimate of drug-likeness (QED) is 0.394. The minimum atomic E-state index is -0.107. The minimum absolute atomic E-state index is 0.0748. The summed E-state index contributed by atoms with van der Waals surface area (Å²) < 4.78 is 3.90. The largest absolute Gasteiger partial charge is 0.352 e. The van der Waals surface area contributed by atoms with Gasteiger partial charge in [-0.3, -0.25) is 19.2 Å². The van der Waals surface area contributed by atoms with E-state index >= 15 is 0 Å². The highest BCUT2D eigenvalue weighted by Crippen LogP contribution is 2.29. The van der Waals surface area contributed by atoms with Crippen LogP contribution in [0.2, 0.25) is 0 Å². The average molecular weight is 497 g/mol. The summed E-state index contributed by atoms with van der Waals surface area (Å²) in [6.07, 6.45) is 1.16. The summed E-state index contributed by atoms with van der Waals surface area (Å²) in [7, 11) is 0. The number of carbonyl (C=O) groups excluding carboxylic acids is 2. The molecule has 2 aromatic carbocycles. The molecule has 2 amide bonds. The average Bonchev–Trinajstić information content (AvgIpc) is 3.47. The predicted octanol–water partition coefficient (Wildman–Crippen LogP) is 4.29. The van der Waals surface area contributed by atoms with Gasteiger partial charge in [0.05, 0.1) is 24.5 Å².